The molecule has 0 fully saturated rings. The number of benzene rings is 8. The van der Waals surface area contributed by atoms with Gasteiger partial charge in [0.25, 0.3) is 0 Å². The van der Waals surface area contributed by atoms with E-state index in [0.29, 0.717) is 17.6 Å². The van der Waals surface area contributed by atoms with Crippen molar-refractivity contribution in [2.45, 2.75) is 0 Å². The van der Waals surface area contributed by atoms with E-state index in [1.165, 1.54) is 27.4 Å². The second-order valence-electron chi connectivity index (χ2n) is 14.1. The van der Waals surface area contributed by atoms with Crippen molar-refractivity contribution in [1.29, 1.82) is 0 Å². The molecular formula is C51H33N5. The third-order valence-corrected chi connectivity index (χ3v) is 10.8. The highest BCUT2D eigenvalue weighted by Crippen LogP contribution is 2.40. The number of fused-ring (bicyclic) bond motifs is 6. The van der Waals surface area contributed by atoms with E-state index in [9.17, 15) is 0 Å². The van der Waals surface area contributed by atoms with Crippen LogP contribution < -0.4 is 0 Å². The van der Waals surface area contributed by atoms with Gasteiger partial charge in [0.1, 0.15) is 0 Å². The number of nitrogens with zero attached hydrogens (tertiary/aromatic N) is 5. The molecule has 262 valence electrons. The Labute approximate surface area is 323 Å². The number of aromatic nitrogens is 5. The molecule has 11 rings (SSSR count). The molecule has 56 heavy (non-hydrogen) atoms. The standard InChI is InChI=1S/C51H33N5/c1-4-16-34(17-5-1)36-20-14-21-37(30-36)38-22-15-23-39(31-38)50-52-49(35-18-6-2-7-19-35)53-51(54-50)56-46-29-13-11-27-42(46)44-32-43-41-26-10-12-28-45(41)55(47(43)33-48(44)56)40-24-8-3-9-25-40/h1-33H. The fourth-order valence-corrected chi connectivity index (χ4v) is 8.16. The minimum absolute atomic E-state index is 0.568. The second kappa shape index (κ2) is 13.0. The van der Waals surface area contributed by atoms with Crippen molar-refractivity contribution in [3.8, 4) is 56.7 Å². The fourth-order valence-electron chi connectivity index (χ4n) is 8.16. The maximum atomic E-state index is 5.31. The van der Waals surface area contributed by atoms with E-state index < -0.39 is 0 Å². The van der Waals surface area contributed by atoms with Gasteiger partial charge in [-0.2, -0.15) is 9.97 Å². The van der Waals surface area contributed by atoms with Gasteiger partial charge in [-0.15, -0.1) is 0 Å². The molecule has 0 N–H and O–H groups in total. The van der Waals surface area contributed by atoms with E-state index in [1.807, 2.05) is 24.3 Å². The summed E-state index contributed by atoms with van der Waals surface area (Å²) < 4.78 is 4.57. The molecule has 0 saturated carbocycles. The lowest BCUT2D eigenvalue weighted by atomic mass is 9.98. The Morgan fingerprint density at radius 3 is 1.36 bits per heavy atom. The lowest BCUT2D eigenvalue weighted by molar-refractivity contribution is 0.953. The van der Waals surface area contributed by atoms with Crippen LogP contribution in [0.5, 0.6) is 0 Å². The molecule has 0 bridgehead atoms. The number of rotatable bonds is 6. The molecule has 0 spiro atoms. The smallest absolute Gasteiger partial charge is 0.238 e. The van der Waals surface area contributed by atoms with Crippen LogP contribution in [0.2, 0.25) is 0 Å². The zero-order valence-electron chi connectivity index (χ0n) is 30.3. The van der Waals surface area contributed by atoms with Gasteiger partial charge in [-0.25, -0.2) is 4.98 Å². The van der Waals surface area contributed by atoms with Gasteiger partial charge >= 0.3 is 0 Å². The quantitative estimate of drug-likeness (QED) is 0.172. The van der Waals surface area contributed by atoms with Gasteiger partial charge in [0.2, 0.25) is 5.95 Å². The van der Waals surface area contributed by atoms with E-state index in [4.69, 9.17) is 15.0 Å². The predicted molar refractivity (Wildman–Crippen MR) is 230 cm³/mol. The molecule has 0 aliphatic heterocycles. The first-order chi connectivity index (χ1) is 27.8. The Morgan fingerprint density at radius 2 is 0.714 bits per heavy atom. The van der Waals surface area contributed by atoms with Gasteiger partial charge in [0.15, 0.2) is 11.6 Å². The minimum atomic E-state index is 0.568. The summed E-state index contributed by atoms with van der Waals surface area (Å²) in [7, 11) is 0. The molecule has 0 atom stereocenters. The molecule has 0 aliphatic rings. The first-order valence-corrected chi connectivity index (χ1v) is 18.9. The van der Waals surface area contributed by atoms with Crippen molar-refractivity contribution in [3.05, 3.63) is 200 Å². The molecular weight excluding hydrogens is 683 g/mol. The molecule has 0 aliphatic carbocycles. The SMILES string of the molecule is c1ccc(-c2cccc(-c3cccc(-c4nc(-c5ccccc5)nc(-n5c6ccccc6c6cc7c8ccccc8n(-c8ccccc8)c7cc65)n4)c3)c2)cc1. The van der Waals surface area contributed by atoms with Gasteiger partial charge in [-0.1, -0.05) is 152 Å². The Hall–Kier alpha value is -7.63. The van der Waals surface area contributed by atoms with E-state index in [1.54, 1.807) is 0 Å². The van der Waals surface area contributed by atoms with Crippen LogP contribution in [0, 0.1) is 0 Å². The molecule has 0 radical (unpaired) electrons. The van der Waals surface area contributed by atoms with Gasteiger partial charge in [-0.05, 0) is 70.8 Å². The predicted octanol–water partition coefficient (Wildman–Crippen LogP) is 12.7. The summed E-state index contributed by atoms with van der Waals surface area (Å²) in [4.78, 5) is 15.7. The average molecular weight is 716 g/mol. The zero-order valence-corrected chi connectivity index (χ0v) is 30.3. The van der Waals surface area contributed by atoms with E-state index in [0.717, 1.165) is 55.3 Å². The Bertz CT molecular complexity index is 3240. The summed E-state index contributed by atoms with van der Waals surface area (Å²) in [5.41, 5.74) is 11.9. The third kappa shape index (κ3) is 5.29. The largest absolute Gasteiger partial charge is 0.309 e. The van der Waals surface area contributed by atoms with Gasteiger partial charge in [0, 0.05) is 38.4 Å². The minimum Gasteiger partial charge on any atom is -0.309 e. The van der Waals surface area contributed by atoms with Crippen LogP contribution >= 0.6 is 0 Å². The number of hydrogen-bond acceptors (Lipinski definition) is 3. The number of para-hydroxylation sites is 3. The van der Waals surface area contributed by atoms with Crippen molar-refractivity contribution in [1.82, 2.24) is 24.1 Å². The van der Waals surface area contributed by atoms with Crippen LogP contribution in [0.15, 0.2) is 200 Å². The van der Waals surface area contributed by atoms with Crippen LogP contribution in [-0.2, 0) is 0 Å². The van der Waals surface area contributed by atoms with Crippen molar-refractivity contribution in [3.63, 3.8) is 0 Å². The highest BCUT2D eigenvalue weighted by atomic mass is 15.2. The monoisotopic (exact) mass is 715 g/mol. The first kappa shape index (κ1) is 31.9. The highest BCUT2D eigenvalue weighted by molar-refractivity contribution is 6.19. The number of hydrogen-bond donors (Lipinski definition) is 0. The van der Waals surface area contributed by atoms with Gasteiger partial charge < -0.3 is 4.57 Å². The Balaban J connectivity index is 1.15. The van der Waals surface area contributed by atoms with Crippen LogP contribution in [0.25, 0.3) is 100 Å². The Morgan fingerprint density at radius 1 is 0.268 bits per heavy atom. The van der Waals surface area contributed by atoms with Gasteiger partial charge in [-0.3, -0.25) is 4.57 Å². The maximum Gasteiger partial charge on any atom is 0.238 e. The van der Waals surface area contributed by atoms with Crippen molar-refractivity contribution >= 4 is 43.6 Å². The molecule has 11 aromatic rings. The highest BCUT2D eigenvalue weighted by Gasteiger charge is 2.21. The molecule has 0 amide bonds. The molecule has 3 aromatic heterocycles. The fraction of sp³-hybridized carbons (Fsp3) is 0. The summed E-state index contributed by atoms with van der Waals surface area (Å²) in [5.74, 6) is 1.80. The summed E-state index contributed by atoms with van der Waals surface area (Å²) in [6.45, 7) is 0. The summed E-state index contributed by atoms with van der Waals surface area (Å²) >= 11 is 0. The van der Waals surface area contributed by atoms with Crippen molar-refractivity contribution in [2.24, 2.45) is 0 Å². The average Bonchev–Trinajstić information content (AvgIpc) is 3.78. The molecule has 0 saturated heterocycles. The summed E-state index contributed by atoms with van der Waals surface area (Å²) in [6.07, 6.45) is 0. The van der Waals surface area contributed by atoms with E-state index in [-0.39, 0.29) is 0 Å². The molecule has 5 heteroatoms. The first-order valence-electron chi connectivity index (χ1n) is 18.9. The molecule has 3 heterocycles. The van der Waals surface area contributed by atoms with Crippen LogP contribution in [0.4, 0.5) is 0 Å². The lowest BCUT2D eigenvalue weighted by Crippen LogP contribution is -2.06. The molecule has 0 unspecified atom stereocenters. The van der Waals surface area contributed by atoms with Crippen molar-refractivity contribution < 1.29 is 0 Å². The summed E-state index contributed by atoms with van der Waals surface area (Å²) in [6, 6.07) is 70.3. The van der Waals surface area contributed by atoms with Crippen LogP contribution in [-0.4, -0.2) is 24.1 Å². The van der Waals surface area contributed by atoms with Crippen molar-refractivity contribution in [2.75, 3.05) is 0 Å². The van der Waals surface area contributed by atoms with Crippen LogP contribution in [0.3, 0.4) is 0 Å². The normalized spacial score (nSPS) is 11.6. The Kier molecular flexibility index (Phi) is 7.42. The molecule has 8 aromatic carbocycles. The maximum absolute atomic E-state index is 5.31. The second-order valence-corrected chi connectivity index (χ2v) is 14.1. The van der Waals surface area contributed by atoms with E-state index in [2.05, 4.69) is 185 Å². The van der Waals surface area contributed by atoms with Gasteiger partial charge in [0.05, 0.1) is 22.1 Å². The third-order valence-electron chi connectivity index (χ3n) is 10.8. The lowest BCUT2D eigenvalue weighted by Gasteiger charge is -2.12. The topological polar surface area (TPSA) is 48.5 Å². The van der Waals surface area contributed by atoms with E-state index >= 15 is 0 Å². The summed E-state index contributed by atoms with van der Waals surface area (Å²) in [5, 5.41) is 4.71. The van der Waals surface area contributed by atoms with Crippen LogP contribution in [0.1, 0.15) is 0 Å². The molecule has 5 nitrogen and oxygen atoms in total. The zero-order chi connectivity index (χ0) is 37.0.